The highest BCUT2D eigenvalue weighted by molar-refractivity contribution is 7.92. The van der Waals surface area contributed by atoms with Gasteiger partial charge in [-0.2, -0.15) is 0 Å². The predicted molar refractivity (Wildman–Crippen MR) is 172 cm³/mol. The Morgan fingerprint density at radius 2 is 1.81 bits per heavy atom. The zero-order valence-electron chi connectivity index (χ0n) is 26.6. The predicted octanol–water partition coefficient (Wildman–Crippen LogP) is 7.42. The number of amidine groups is 1. The Labute approximate surface area is 256 Å². The molecular weight excluding hydrogens is 564 g/mol. The van der Waals surface area contributed by atoms with Crippen LogP contribution < -0.4 is 4.72 Å². The summed E-state index contributed by atoms with van der Waals surface area (Å²) < 4.78 is 40.7. The molecule has 0 aliphatic rings. The van der Waals surface area contributed by atoms with Gasteiger partial charge in [-0.3, -0.25) is 19.4 Å². The molecule has 1 N–H and O–H groups in total. The van der Waals surface area contributed by atoms with E-state index in [2.05, 4.69) is 37.6 Å². The average Bonchev–Trinajstić information content (AvgIpc) is 3.32. The molecule has 0 unspecified atom stereocenters. The second-order valence-corrected chi connectivity index (χ2v) is 12.7. The number of amides is 1. The zero-order valence-corrected chi connectivity index (χ0v) is 27.4. The Hall–Kier alpha value is -3.50. The average molecular weight is 611 g/mol. The summed E-state index contributed by atoms with van der Waals surface area (Å²) in [5, 5.41) is 3.87. The zero-order chi connectivity index (χ0) is 31.6. The number of carbonyl (C=O) groups is 1. The first kappa shape index (κ1) is 34.0. The summed E-state index contributed by atoms with van der Waals surface area (Å²) in [4.78, 5) is 19.3. The van der Waals surface area contributed by atoms with Gasteiger partial charge in [0.25, 0.3) is 10.0 Å². The number of nitrogens with one attached hydrogen (secondary N) is 1. The number of unbranched alkanes of at least 4 members (excludes halogenated alkanes) is 1. The fraction of sp³-hybridized carbons (Fsp3) is 0.485. The minimum Gasteiger partial charge on any atom is -0.377 e. The van der Waals surface area contributed by atoms with Crippen LogP contribution in [-0.2, 0) is 32.7 Å². The summed E-state index contributed by atoms with van der Waals surface area (Å²) in [5.74, 6) is 1.50. The third kappa shape index (κ3) is 8.54. The maximum Gasteiger partial charge on any atom is 0.263 e. The van der Waals surface area contributed by atoms with Crippen molar-refractivity contribution in [3.8, 4) is 11.1 Å². The molecule has 0 fully saturated rings. The number of carbonyl (C=O) groups excluding carboxylic acids is 1. The van der Waals surface area contributed by atoms with Crippen molar-refractivity contribution >= 4 is 28.1 Å². The first-order chi connectivity index (χ1) is 20.5. The molecule has 234 valence electrons. The molecule has 0 saturated heterocycles. The van der Waals surface area contributed by atoms with E-state index in [1.807, 2.05) is 25.1 Å². The minimum atomic E-state index is -4.00. The molecule has 0 radical (unpaired) electrons. The standard InChI is InChI=1S/C33H46N4O5S/c1-8-12-17-31(34-33(7,9-2)10-3)37(23-38)21-26-18-19-28(27(20-26)22-41-11-4)29-15-13-14-16-30(29)43(39,40)36-32-24(5)25(6)42-35-32/h13-16,18-20,23H,8-12,17,21-22H2,1-7H3,(H,35,36). The highest BCUT2D eigenvalue weighted by Crippen LogP contribution is 2.33. The summed E-state index contributed by atoms with van der Waals surface area (Å²) in [6, 6.07) is 12.7. The molecule has 9 nitrogen and oxygen atoms in total. The molecule has 10 heteroatoms. The quantitative estimate of drug-likeness (QED) is 0.103. The van der Waals surface area contributed by atoms with Crippen molar-refractivity contribution in [1.82, 2.24) is 10.1 Å². The lowest BCUT2D eigenvalue weighted by atomic mass is 9.96. The molecule has 2 aromatic carbocycles. The van der Waals surface area contributed by atoms with Gasteiger partial charge >= 0.3 is 0 Å². The van der Waals surface area contributed by atoms with Crippen LogP contribution >= 0.6 is 0 Å². The van der Waals surface area contributed by atoms with Gasteiger partial charge in [0.1, 0.15) is 11.6 Å². The van der Waals surface area contributed by atoms with E-state index in [0.717, 1.165) is 61.0 Å². The molecule has 1 aromatic heterocycles. The first-order valence-corrected chi connectivity index (χ1v) is 16.6. The molecule has 43 heavy (non-hydrogen) atoms. The highest BCUT2D eigenvalue weighted by Gasteiger charge is 2.25. The van der Waals surface area contributed by atoms with Crippen molar-refractivity contribution in [2.45, 2.75) is 104 Å². The number of sulfonamides is 1. The van der Waals surface area contributed by atoms with Gasteiger partial charge in [0.05, 0.1) is 23.6 Å². The van der Waals surface area contributed by atoms with E-state index in [1.165, 1.54) is 0 Å². The lowest BCUT2D eigenvalue weighted by molar-refractivity contribution is -0.115. The Balaban J connectivity index is 2.04. The number of hydrogen-bond acceptors (Lipinski definition) is 7. The Bertz CT molecular complexity index is 1510. The van der Waals surface area contributed by atoms with Crippen LogP contribution in [0, 0.1) is 13.8 Å². The SMILES string of the molecule is CCCCC(=NC(C)(CC)CC)N(C=O)Cc1ccc(-c2ccccc2S(=O)(=O)Nc2noc(C)c2C)c(COCC)c1. The van der Waals surface area contributed by atoms with Gasteiger partial charge in [-0.15, -0.1) is 0 Å². The molecule has 3 aromatic rings. The first-order valence-electron chi connectivity index (χ1n) is 15.1. The maximum atomic E-state index is 13.6. The monoisotopic (exact) mass is 610 g/mol. The largest absolute Gasteiger partial charge is 0.377 e. The summed E-state index contributed by atoms with van der Waals surface area (Å²) in [6.45, 7) is 15.0. The van der Waals surface area contributed by atoms with Gasteiger partial charge in [0, 0.05) is 24.2 Å². The Morgan fingerprint density at radius 3 is 2.42 bits per heavy atom. The van der Waals surface area contributed by atoms with Gasteiger partial charge in [-0.25, -0.2) is 8.42 Å². The number of nitrogens with zero attached hydrogens (tertiary/aromatic N) is 3. The van der Waals surface area contributed by atoms with E-state index in [9.17, 15) is 13.2 Å². The number of hydrogen-bond donors (Lipinski definition) is 1. The molecule has 0 atom stereocenters. The molecule has 1 heterocycles. The lowest BCUT2D eigenvalue weighted by Crippen LogP contribution is -2.33. The van der Waals surface area contributed by atoms with Crippen LogP contribution in [0.5, 0.6) is 0 Å². The highest BCUT2D eigenvalue weighted by atomic mass is 32.2. The third-order valence-electron chi connectivity index (χ3n) is 7.97. The summed E-state index contributed by atoms with van der Waals surface area (Å²) >= 11 is 0. The van der Waals surface area contributed by atoms with Crippen LogP contribution in [0.2, 0.25) is 0 Å². The van der Waals surface area contributed by atoms with Gasteiger partial charge < -0.3 is 9.26 Å². The van der Waals surface area contributed by atoms with E-state index in [-0.39, 0.29) is 22.9 Å². The molecule has 0 saturated carbocycles. The van der Waals surface area contributed by atoms with Gasteiger partial charge in [0.2, 0.25) is 6.41 Å². The maximum absolute atomic E-state index is 13.6. The summed E-state index contributed by atoms with van der Waals surface area (Å²) in [6.07, 6.45) is 5.28. The Kier molecular flexibility index (Phi) is 12.1. The van der Waals surface area contributed by atoms with Crippen LogP contribution in [0.1, 0.15) is 89.2 Å². The molecular formula is C33H46N4O5S. The molecule has 0 aliphatic carbocycles. The number of benzene rings is 2. The molecule has 0 bridgehead atoms. The minimum absolute atomic E-state index is 0.113. The van der Waals surface area contributed by atoms with Crippen LogP contribution in [-0.4, -0.2) is 42.9 Å². The van der Waals surface area contributed by atoms with Crippen LogP contribution in [0.4, 0.5) is 5.82 Å². The van der Waals surface area contributed by atoms with Crippen molar-refractivity contribution in [1.29, 1.82) is 0 Å². The number of aromatic nitrogens is 1. The molecule has 3 rings (SSSR count). The second-order valence-electron chi connectivity index (χ2n) is 11.0. The lowest BCUT2D eigenvalue weighted by Gasteiger charge is -2.28. The van der Waals surface area contributed by atoms with Crippen molar-refractivity contribution in [3.63, 3.8) is 0 Å². The van der Waals surface area contributed by atoms with Gasteiger partial charge in [-0.05, 0) is 69.7 Å². The Morgan fingerprint density at radius 1 is 1.09 bits per heavy atom. The second kappa shape index (κ2) is 15.3. The molecule has 0 aliphatic heterocycles. The number of aliphatic imine (C=N–C) groups is 1. The normalized spacial score (nSPS) is 12.4. The van der Waals surface area contributed by atoms with Gasteiger partial charge in [-0.1, -0.05) is 68.7 Å². The van der Waals surface area contributed by atoms with Gasteiger partial charge in [0.15, 0.2) is 5.82 Å². The summed E-state index contributed by atoms with van der Waals surface area (Å²) in [5.41, 5.74) is 3.38. The third-order valence-corrected chi connectivity index (χ3v) is 9.37. The van der Waals surface area contributed by atoms with Crippen molar-refractivity contribution < 1.29 is 22.5 Å². The fourth-order valence-corrected chi connectivity index (χ4v) is 5.94. The molecule has 0 spiro atoms. The topological polar surface area (TPSA) is 114 Å². The van der Waals surface area contributed by atoms with Crippen LogP contribution in [0.3, 0.4) is 0 Å². The van der Waals surface area contributed by atoms with E-state index >= 15 is 0 Å². The van der Waals surface area contributed by atoms with Crippen LogP contribution in [0.25, 0.3) is 11.1 Å². The van der Waals surface area contributed by atoms with Crippen molar-refractivity contribution in [2.75, 3.05) is 11.3 Å². The van der Waals surface area contributed by atoms with Crippen molar-refractivity contribution in [2.24, 2.45) is 4.99 Å². The van der Waals surface area contributed by atoms with E-state index in [0.29, 0.717) is 30.0 Å². The van der Waals surface area contributed by atoms with E-state index < -0.39 is 10.0 Å². The number of anilines is 1. The number of ether oxygens (including phenoxy) is 1. The smallest absolute Gasteiger partial charge is 0.263 e. The van der Waals surface area contributed by atoms with Crippen molar-refractivity contribution in [3.05, 3.63) is 64.9 Å². The van der Waals surface area contributed by atoms with E-state index in [4.69, 9.17) is 14.3 Å². The molecule has 1 amide bonds. The number of rotatable bonds is 16. The van der Waals surface area contributed by atoms with Crippen LogP contribution in [0.15, 0.2) is 56.9 Å². The fourth-order valence-electron chi connectivity index (χ4n) is 4.66. The van der Waals surface area contributed by atoms with E-state index in [1.54, 1.807) is 43.0 Å². The summed E-state index contributed by atoms with van der Waals surface area (Å²) in [7, 11) is -4.00. The number of aryl methyl sites for hydroxylation is 1.